The van der Waals surface area contributed by atoms with E-state index >= 15 is 0 Å². The monoisotopic (exact) mass is 279 g/mol. The Morgan fingerprint density at radius 3 is 2.68 bits per heavy atom. The highest BCUT2D eigenvalue weighted by atomic mass is 32.2. The molecule has 6 nitrogen and oxygen atoms in total. The molecule has 0 amide bonds. The van der Waals surface area contributed by atoms with Gasteiger partial charge in [-0.3, -0.25) is 4.79 Å². The average molecular weight is 279 g/mol. The van der Waals surface area contributed by atoms with Crippen molar-refractivity contribution in [2.24, 2.45) is 7.05 Å². The highest BCUT2D eigenvalue weighted by Gasteiger charge is 2.19. The SMILES string of the molecule is Cn1c(SCC(=O)O)nnc1C(O)c1ccccc1. The molecular weight excluding hydrogens is 266 g/mol. The molecule has 7 heteroatoms. The van der Waals surface area contributed by atoms with Gasteiger partial charge in [-0.15, -0.1) is 10.2 Å². The number of carboxylic acid groups (broad SMARTS) is 1. The van der Waals surface area contributed by atoms with E-state index in [1.807, 2.05) is 18.2 Å². The first-order valence-corrected chi connectivity index (χ1v) is 6.55. The molecule has 1 aromatic heterocycles. The largest absolute Gasteiger partial charge is 0.481 e. The lowest BCUT2D eigenvalue weighted by Crippen LogP contribution is -2.08. The zero-order chi connectivity index (χ0) is 13.8. The number of benzene rings is 1. The van der Waals surface area contributed by atoms with Crippen LogP contribution >= 0.6 is 11.8 Å². The van der Waals surface area contributed by atoms with Gasteiger partial charge in [-0.05, 0) is 5.56 Å². The summed E-state index contributed by atoms with van der Waals surface area (Å²) in [6, 6.07) is 9.11. The molecule has 0 radical (unpaired) electrons. The zero-order valence-electron chi connectivity index (χ0n) is 10.2. The van der Waals surface area contributed by atoms with Gasteiger partial charge in [0.05, 0.1) is 5.75 Å². The molecule has 0 saturated carbocycles. The van der Waals surface area contributed by atoms with Gasteiger partial charge in [0.2, 0.25) is 0 Å². The van der Waals surface area contributed by atoms with Gasteiger partial charge in [0.25, 0.3) is 0 Å². The van der Waals surface area contributed by atoms with Crippen molar-refractivity contribution < 1.29 is 15.0 Å². The third-order valence-corrected chi connectivity index (χ3v) is 3.56. The number of aliphatic carboxylic acids is 1. The number of carbonyl (C=O) groups is 1. The molecule has 0 saturated heterocycles. The second kappa shape index (κ2) is 5.85. The summed E-state index contributed by atoms with van der Waals surface area (Å²) in [4.78, 5) is 10.5. The highest BCUT2D eigenvalue weighted by Crippen LogP contribution is 2.23. The highest BCUT2D eigenvalue weighted by molar-refractivity contribution is 7.99. The van der Waals surface area contributed by atoms with Gasteiger partial charge >= 0.3 is 5.97 Å². The zero-order valence-corrected chi connectivity index (χ0v) is 11.0. The second-order valence-corrected chi connectivity index (χ2v) is 4.84. The fraction of sp³-hybridized carbons (Fsp3) is 0.250. The lowest BCUT2D eigenvalue weighted by Gasteiger charge is -2.10. The molecule has 0 aliphatic rings. The van der Waals surface area contributed by atoms with Crippen LogP contribution in [-0.2, 0) is 11.8 Å². The van der Waals surface area contributed by atoms with Crippen LogP contribution in [0.3, 0.4) is 0 Å². The molecule has 0 fully saturated rings. The predicted octanol–water partition coefficient (Wildman–Crippen LogP) is 1.07. The standard InChI is InChI=1S/C12H13N3O3S/c1-15-11(10(18)8-5-3-2-4-6-8)13-14-12(15)19-7-9(16)17/h2-6,10,18H,7H2,1H3,(H,16,17). The summed E-state index contributed by atoms with van der Waals surface area (Å²) in [5.74, 6) is -0.620. The Balaban J connectivity index is 2.20. The molecule has 2 N–H and O–H groups in total. The quantitative estimate of drug-likeness (QED) is 0.796. The number of thioether (sulfide) groups is 1. The Bertz CT molecular complexity index is 571. The Labute approximate surface area is 114 Å². The first kappa shape index (κ1) is 13.6. The molecule has 0 aliphatic carbocycles. The van der Waals surface area contributed by atoms with Crippen LogP contribution in [0.1, 0.15) is 17.5 Å². The molecule has 100 valence electrons. The van der Waals surface area contributed by atoms with E-state index in [0.29, 0.717) is 16.5 Å². The van der Waals surface area contributed by atoms with E-state index in [-0.39, 0.29) is 5.75 Å². The molecular formula is C12H13N3O3S. The van der Waals surface area contributed by atoms with Crippen LogP contribution in [0.25, 0.3) is 0 Å². The first-order chi connectivity index (χ1) is 9.09. The summed E-state index contributed by atoms with van der Waals surface area (Å²) in [6.07, 6.45) is -0.877. The Morgan fingerprint density at radius 1 is 1.37 bits per heavy atom. The summed E-state index contributed by atoms with van der Waals surface area (Å²) in [7, 11) is 1.70. The molecule has 0 bridgehead atoms. The van der Waals surface area contributed by atoms with Crippen molar-refractivity contribution in [2.45, 2.75) is 11.3 Å². The van der Waals surface area contributed by atoms with Gasteiger partial charge in [-0.2, -0.15) is 0 Å². The molecule has 1 unspecified atom stereocenters. The second-order valence-electron chi connectivity index (χ2n) is 3.90. The van der Waals surface area contributed by atoms with Gasteiger partial charge < -0.3 is 14.8 Å². The van der Waals surface area contributed by atoms with Crippen LogP contribution in [0, 0.1) is 0 Å². The minimum Gasteiger partial charge on any atom is -0.481 e. The van der Waals surface area contributed by atoms with Gasteiger partial charge in [-0.1, -0.05) is 42.1 Å². The molecule has 19 heavy (non-hydrogen) atoms. The van der Waals surface area contributed by atoms with Gasteiger partial charge in [0, 0.05) is 7.05 Å². The van der Waals surface area contributed by atoms with Crippen LogP contribution in [0.5, 0.6) is 0 Å². The Kier molecular flexibility index (Phi) is 4.18. The maximum absolute atomic E-state index is 10.5. The van der Waals surface area contributed by atoms with Crippen molar-refractivity contribution in [2.75, 3.05) is 5.75 Å². The van der Waals surface area contributed by atoms with Crippen LogP contribution in [0.2, 0.25) is 0 Å². The number of aliphatic hydroxyl groups is 1. The van der Waals surface area contributed by atoms with E-state index in [2.05, 4.69) is 10.2 Å². The van der Waals surface area contributed by atoms with Gasteiger partial charge in [0.1, 0.15) is 6.10 Å². The van der Waals surface area contributed by atoms with E-state index in [4.69, 9.17) is 5.11 Å². The summed E-state index contributed by atoms with van der Waals surface area (Å²) >= 11 is 1.07. The van der Waals surface area contributed by atoms with Crippen molar-refractivity contribution in [3.05, 3.63) is 41.7 Å². The molecule has 1 aromatic carbocycles. The first-order valence-electron chi connectivity index (χ1n) is 5.56. The summed E-state index contributed by atoms with van der Waals surface area (Å²) in [5.41, 5.74) is 0.716. The van der Waals surface area contributed by atoms with Crippen molar-refractivity contribution in [3.63, 3.8) is 0 Å². The lowest BCUT2D eigenvalue weighted by atomic mass is 10.1. The van der Waals surface area contributed by atoms with Crippen molar-refractivity contribution in [1.29, 1.82) is 0 Å². The minimum atomic E-state index is -0.918. The van der Waals surface area contributed by atoms with Crippen LogP contribution in [-0.4, -0.2) is 36.7 Å². The van der Waals surface area contributed by atoms with E-state index in [1.165, 1.54) is 0 Å². The van der Waals surface area contributed by atoms with Crippen molar-refractivity contribution in [1.82, 2.24) is 14.8 Å². The molecule has 1 heterocycles. The van der Waals surface area contributed by atoms with E-state index in [0.717, 1.165) is 11.8 Å². The molecule has 2 rings (SSSR count). The topological polar surface area (TPSA) is 88.2 Å². The van der Waals surface area contributed by atoms with Crippen LogP contribution in [0.4, 0.5) is 0 Å². The van der Waals surface area contributed by atoms with E-state index in [1.54, 1.807) is 23.7 Å². The van der Waals surface area contributed by atoms with Gasteiger partial charge in [0.15, 0.2) is 11.0 Å². The fourth-order valence-corrected chi connectivity index (χ4v) is 2.24. The number of hydrogen-bond acceptors (Lipinski definition) is 5. The maximum atomic E-state index is 10.5. The Hall–Kier alpha value is -1.86. The average Bonchev–Trinajstić information content (AvgIpc) is 2.78. The Morgan fingerprint density at radius 2 is 2.05 bits per heavy atom. The molecule has 0 aliphatic heterocycles. The summed E-state index contributed by atoms with van der Waals surface area (Å²) < 4.78 is 1.60. The number of aromatic nitrogens is 3. The van der Waals surface area contributed by atoms with Crippen molar-refractivity contribution >= 4 is 17.7 Å². The predicted molar refractivity (Wildman–Crippen MR) is 69.9 cm³/mol. The van der Waals surface area contributed by atoms with E-state index < -0.39 is 12.1 Å². The van der Waals surface area contributed by atoms with Crippen LogP contribution < -0.4 is 0 Å². The van der Waals surface area contributed by atoms with E-state index in [9.17, 15) is 9.90 Å². The number of carboxylic acids is 1. The summed E-state index contributed by atoms with van der Waals surface area (Å²) in [6.45, 7) is 0. The van der Waals surface area contributed by atoms with Crippen LogP contribution in [0.15, 0.2) is 35.5 Å². The normalized spacial score (nSPS) is 12.3. The number of aliphatic hydroxyl groups excluding tert-OH is 1. The van der Waals surface area contributed by atoms with Gasteiger partial charge in [-0.25, -0.2) is 0 Å². The fourth-order valence-electron chi connectivity index (χ4n) is 1.60. The molecule has 2 aromatic rings. The molecule has 1 atom stereocenters. The number of rotatable bonds is 5. The number of hydrogen-bond donors (Lipinski definition) is 2. The lowest BCUT2D eigenvalue weighted by molar-refractivity contribution is -0.133. The third kappa shape index (κ3) is 3.12. The molecule has 0 spiro atoms. The summed E-state index contributed by atoms with van der Waals surface area (Å²) in [5, 5.41) is 27.1. The maximum Gasteiger partial charge on any atom is 0.313 e. The smallest absolute Gasteiger partial charge is 0.313 e. The number of nitrogens with zero attached hydrogens (tertiary/aromatic N) is 3. The van der Waals surface area contributed by atoms with Crippen molar-refractivity contribution in [3.8, 4) is 0 Å². The third-order valence-electron chi connectivity index (χ3n) is 2.55. The minimum absolute atomic E-state index is 0.0899.